The van der Waals surface area contributed by atoms with E-state index in [0.29, 0.717) is 11.4 Å². The molecule has 0 aliphatic rings. The molecular weight excluding hydrogens is 202 g/mol. The molecule has 0 aliphatic carbocycles. The van der Waals surface area contributed by atoms with Crippen LogP contribution in [0.3, 0.4) is 0 Å². The third-order valence-electron chi connectivity index (χ3n) is 2.46. The zero-order valence-corrected chi connectivity index (χ0v) is 8.38. The maximum atomic E-state index is 9.87. The standard InChI is InChI=1S/C12H9N3O/c16-11-7-8-3-1-2-4-9(8)14-12(11)10-5-6-13-15-10/h1-7,16H,(H,13,15). The van der Waals surface area contributed by atoms with Gasteiger partial charge in [-0.2, -0.15) is 5.10 Å². The molecule has 0 unspecified atom stereocenters. The van der Waals surface area contributed by atoms with Crippen LogP contribution in [0.15, 0.2) is 42.6 Å². The Morgan fingerprint density at radius 3 is 2.81 bits per heavy atom. The molecule has 0 aliphatic heterocycles. The van der Waals surface area contributed by atoms with Crippen molar-refractivity contribution in [1.29, 1.82) is 0 Å². The Hall–Kier alpha value is -2.36. The van der Waals surface area contributed by atoms with E-state index in [1.54, 1.807) is 18.3 Å². The number of fused-ring (bicyclic) bond motifs is 1. The molecular formula is C12H9N3O. The first-order valence-electron chi connectivity index (χ1n) is 4.93. The summed E-state index contributed by atoms with van der Waals surface area (Å²) in [5.74, 6) is 0.156. The molecule has 2 heterocycles. The predicted octanol–water partition coefficient (Wildman–Crippen LogP) is 2.33. The average molecular weight is 211 g/mol. The molecule has 1 aromatic carbocycles. The maximum Gasteiger partial charge on any atom is 0.144 e. The number of aromatic amines is 1. The Bertz CT molecular complexity index is 632. The van der Waals surface area contributed by atoms with Crippen LogP contribution in [0.4, 0.5) is 0 Å². The van der Waals surface area contributed by atoms with E-state index < -0.39 is 0 Å². The van der Waals surface area contributed by atoms with Crippen LogP contribution < -0.4 is 0 Å². The minimum Gasteiger partial charge on any atom is -0.506 e. The molecule has 3 aromatic rings. The molecule has 0 fully saturated rings. The van der Waals surface area contributed by atoms with Crippen molar-refractivity contribution in [2.24, 2.45) is 0 Å². The summed E-state index contributed by atoms with van der Waals surface area (Å²) in [7, 11) is 0. The summed E-state index contributed by atoms with van der Waals surface area (Å²) in [6, 6.07) is 11.1. The molecule has 0 amide bonds. The summed E-state index contributed by atoms with van der Waals surface area (Å²) in [4.78, 5) is 4.40. The van der Waals surface area contributed by atoms with Gasteiger partial charge in [0.05, 0.1) is 11.2 Å². The third kappa shape index (κ3) is 1.32. The molecule has 78 valence electrons. The second-order valence-electron chi connectivity index (χ2n) is 3.52. The number of H-pyrrole nitrogens is 1. The summed E-state index contributed by atoms with van der Waals surface area (Å²) < 4.78 is 0. The topological polar surface area (TPSA) is 61.8 Å². The van der Waals surface area contributed by atoms with E-state index in [0.717, 1.165) is 10.9 Å². The number of pyridine rings is 1. The van der Waals surface area contributed by atoms with Crippen LogP contribution in [0.5, 0.6) is 5.75 Å². The highest BCUT2D eigenvalue weighted by Gasteiger charge is 2.08. The fourth-order valence-electron chi connectivity index (χ4n) is 1.69. The lowest BCUT2D eigenvalue weighted by atomic mass is 10.1. The molecule has 0 bridgehead atoms. The molecule has 0 saturated carbocycles. The second-order valence-corrected chi connectivity index (χ2v) is 3.52. The van der Waals surface area contributed by atoms with Crippen molar-refractivity contribution in [2.45, 2.75) is 0 Å². The maximum absolute atomic E-state index is 9.87. The smallest absolute Gasteiger partial charge is 0.144 e. The Morgan fingerprint density at radius 2 is 2.00 bits per heavy atom. The van der Waals surface area contributed by atoms with Gasteiger partial charge in [0.25, 0.3) is 0 Å². The quantitative estimate of drug-likeness (QED) is 0.649. The van der Waals surface area contributed by atoms with E-state index in [4.69, 9.17) is 0 Å². The van der Waals surface area contributed by atoms with Crippen LogP contribution in [0.2, 0.25) is 0 Å². The Morgan fingerprint density at radius 1 is 1.12 bits per heavy atom. The number of nitrogens with zero attached hydrogens (tertiary/aromatic N) is 2. The predicted molar refractivity (Wildman–Crippen MR) is 61.0 cm³/mol. The Kier molecular flexibility index (Phi) is 1.86. The fraction of sp³-hybridized carbons (Fsp3) is 0. The van der Waals surface area contributed by atoms with E-state index in [2.05, 4.69) is 15.2 Å². The number of hydrogen-bond donors (Lipinski definition) is 2. The van der Waals surface area contributed by atoms with Gasteiger partial charge < -0.3 is 5.11 Å². The van der Waals surface area contributed by atoms with Gasteiger partial charge in [-0.15, -0.1) is 0 Å². The van der Waals surface area contributed by atoms with Crippen molar-refractivity contribution in [3.8, 4) is 17.1 Å². The van der Waals surface area contributed by atoms with Gasteiger partial charge >= 0.3 is 0 Å². The van der Waals surface area contributed by atoms with E-state index >= 15 is 0 Å². The Balaban J connectivity index is 2.30. The second kappa shape index (κ2) is 3.34. The van der Waals surface area contributed by atoms with Gasteiger partial charge in [-0.25, -0.2) is 4.98 Å². The third-order valence-corrected chi connectivity index (χ3v) is 2.46. The highest BCUT2D eigenvalue weighted by atomic mass is 16.3. The number of hydrogen-bond acceptors (Lipinski definition) is 3. The number of benzene rings is 1. The van der Waals surface area contributed by atoms with E-state index in [1.165, 1.54) is 0 Å². The molecule has 3 rings (SSSR count). The van der Waals surface area contributed by atoms with E-state index in [9.17, 15) is 5.11 Å². The Labute approximate surface area is 91.6 Å². The van der Waals surface area contributed by atoms with Gasteiger partial charge in [0.2, 0.25) is 0 Å². The lowest BCUT2D eigenvalue weighted by Crippen LogP contribution is -1.87. The lowest BCUT2D eigenvalue weighted by molar-refractivity contribution is 0.476. The van der Waals surface area contributed by atoms with Crippen molar-refractivity contribution >= 4 is 10.9 Å². The van der Waals surface area contributed by atoms with Gasteiger partial charge in [-0.1, -0.05) is 18.2 Å². The highest BCUT2D eigenvalue weighted by Crippen LogP contribution is 2.28. The molecule has 16 heavy (non-hydrogen) atoms. The van der Waals surface area contributed by atoms with Crippen LogP contribution >= 0.6 is 0 Å². The van der Waals surface area contributed by atoms with Crippen molar-refractivity contribution in [1.82, 2.24) is 15.2 Å². The van der Waals surface area contributed by atoms with Gasteiger partial charge in [0, 0.05) is 11.6 Å². The normalized spacial score (nSPS) is 10.8. The highest BCUT2D eigenvalue weighted by molar-refractivity contribution is 5.83. The van der Waals surface area contributed by atoms with Crippen LogP contribution in [0, 0.1) is 0 Å². The first-order chi connectivity index (χ1) is 7.84. The summed E-state index contributed by atoms with van der Waals surface area (Å²) in [6.45, 7) is 0. The molecule has 2 aromatic heterocycles. The number of aromatic hydroxyl groups is 1. The van der Waals surface area contributed by atoms with Crippen molar-refractivity contribution in [3.05, 3.63) is 42.6 Å². The van der Waals surface area contributed by atoms with Crippen LogP contribution in [0.25, 0.3) is 22.3 Å². The zero-order valence-electron chi connectivity index (χ0n) is 8.38. The molecule has 0 radical (unpaired) electrons. The summed E-state index contributed by atoms with van der Waals surface area (Å²) in [6.07, 6.45) is 1.63. The number of para-hydroxylation sites is 1. The minimum absolute atomic E-state index is 0.156. The lowest BCUT2D eigenvalue weighted by Gasteiger charge is -2.03. The van der Waals surface area contributed by atoms with Gasteiger partial charge in [-0.05, 0) is 18.2 Å². The average Bonchev–Trinajstić information content (AvgIpc) is 2.81. The number of rotatable bonds is 1. The molecule has 2 N–H and O–H groups in total. The molecule has 0 saturated heterocycles. The number of aromatic nitrogens is 3. The first kappa shape index (κ1) is 8.91. The van der Waals surface area contributed by atoms with Crippen LogP contribution in [0.1, 0.15) is 0 Å². The molecule has 4 nitrogen and oxygen atoms in total. The number of nitrogens with one attached hydrogen (secondary N) is 1. The first-order valence-corrected chi connectivity index (χ1v) is 4.93. The van der Waals surface area contributed by atoms with Gasteiger partial charge in [-0.3, -0.25) is 5.10 Å². The van der Waals surface area contributed by atoms with Crippen molar-refractivity contribution in [3.63, 3.8) is 0 Å². The zero-order chi connectivity index (χ0) is 11.0. The van der Waals surface area contributed by atoms with E-state index in [-0.39, 0.29) is 5.75 Å². The van der Waals surface area contributed by atoms with Crippen LogP contribution in [-0.4, -0.2) is 20.3 Å². The van der Waals surface area contributed by atoms with Gasteiger partial charge in [0.15, 0.2) is 0 Å². The van der Waals surface area contributed by atoms with Crippen molar-refractivity contribution < 1.29 is 5.11 Å². The molecule has 0 atom stereocenters. The van der Waals surface area contributed by atoms with E-state index in [1.807, 2.05) is 24.3 Å². The largest absolute Gasteiger partial charge is 0.506 e. The van der Waals surface area contributed by atoms with Crippen LogP contribution in [-0.2, 0) is 0 Å². The molecule has 4 heteroatoms. The van der Waals surface area contributed by atoms with Gasteiger partial charge in [0.1, 0.15) is 11.4 Å². The summed E-state index contributed by atoms with van der Waals surface area (Å²) >= 11 is 0. The minimum atomic E-state index is 0.156. The monoisotopic (exact) mass is 211 g/mol. The fourth-order valence-corrected chi connectivity index (χ4v) is 1.69. The summed E-state index contributed by atoms with van der Waals surface area (Å²) in [5, 5.41) is 17.4. The SMILES string of the molecule is Oc1cc2ccccc2nc1-c1ccn[nH]1. The molecule has 0 spiro atoms. The van der Waals surface area contributed by atoms with Crippen molar-refractivity contribution in [2.75, 3.05) is 0 Å². The summed E-state index contributed by atoms with van der Waals surface area (Å²) in [5.41, 5.74) is 2.09.